The molecular weight excluding hydrogens is 308 g/mol. The van der Waals surface area contributed by atoms with Crippen molar-refractivity contribution in [3.63, 3.8) is 0 Å². The second-order valence-electron chi connectivity index (χ2n) is 6.21. The summed E-state index contributed by atoms with van der Waals surface area (Å²) in [5.41, 5.74) is 0.667. The first-order valence-corrected chi connectivity index (χ1v) is 8.38. The number of methoxy groups -OCH3 is 1. The third kappa shape index (κ3) is 5.85. The molecule has 1 aliphatic heterocycles. The van der Waals surface area contributed by atoms with Crippen LogP contribution in [0.1, 0.15) is 26.2 Å². The second-order valence-corrected chi connectivity index (χ2v) is 6.21. The molecule has 24 heavy (non-hydrogen) atoms. The van der Waals surface area contributed by atoms with Gasteiger partial charge in [-0.25, -0.2) is 4.79 Å². The van der Waals surface area contributed by atoms with E-state index in [0.29, 0.717) is 29.7 Å². The summed E-state index contributed by atoms with van der Waals surface area (Å²) in [4.78, 5) is 23.3. The summed E-state index contributed by atoms with van der Waals surface area (Å²) in [7, 11) is 1.31. The highest BCUT2D eigenvalue weighted by Gasteiger charge is 2.22. The summed E-state index contributed by atoms with van der Waals surface area (Å²) in [6.07, 6.45) is 2.77. The Morgan fingerprint density at radius 1 is 1.33 bits per heavy atom. The van der Waals surface area contributed by atoms with Crippen molar-refractivity contribution in [3.8, 4) is 5.75 Å². The number of piperidine rings is 1. The highest BCUT2D eigenvalue weighted by atomic mass is 16.6. The van der Waals surface area contributed by atoms with Gasteiger partial charge in [-0.3, -0.25) is 4.79 Å². The normalized spacial score (nSPS) is 16.2. The van der Waals surface area contributed by atoms with Crippen LogP contribution >= 0.6 is 0 Å². The molecule has 1 heterocycles. The number of nitrogens with one attached hydrogen (secondary N) is 2. The maximum atomic E-state index is 12.2. The van der Waals surface area contributed by atoms with Crippen LogP contribution in [0.2, 0.25) is 0 Å². The molecule has 0 aliphatic carbocycles. The van der Waals surface area contributed by atoms with Crippen LogP contribution in [0.3, 0.4) is 0 Å². The molecule has 0 saturated carbocycles. The molecule has 2 N–H and O–H groups in total. The van der Waals surface area contributed by atoms with Gasteiger partial charge in [-0.15, -0.1) is 0 Å². The molecule has 6 heteroatoms. The number of esters is 1. The van der Waals surface area contributed by atoms with Gasteiger partial charge >= 0.3 is 5.97 Å². The van der Waals surface area contributed by atoms with Crippen LogP contribution in [-0.4, -0.2) is 38.7 Å². The average Bonchev–Trinajstić information content (AvgIpc) is 2.60. The Kier molecular flexibility index (Phi) is 7.06. The number of amides is 1. The largest absolute Gasteiger partial charge is 0.482 e. The van der Waals surface area contributed by atoms with Crippen molar-refractivity contribution in [2.75, 3.05) is 32.1 Å². The van der Waals surface area contributed by atoms with Gasteiger partial charge in [0.1, 0.15) is 5.75 Å². The van der Waals surface area contributed by atoms with Gasteiger partial charge in [-0.1, -0.05) is 13.0 Å². The molecule has 1 saturated heterocycles. The fraction of sp³-hybridized carbons (Fsp3) is 0.556. The summed E-state index contributed by atoms with van der Waals surface area (Å²) >= 11 is 0. The maximum absolute atomic E-state index is 12.2. The van der Waals surface area contributed by atoms with Gasteiger partial charge in [0.25, 0.3) is 0 Å². The Labute approximate surface area is 142 Å². The quantitative estimate of drug-likeness (QED) is 0.748. The van der Waals surface area contributed by atoms with Gasteiger partial charge in [0.05, 0.1) is 7.11 Å². The molecule has 1 aromatic rings. The lowest BCUT2D eigenvalue weighted by molar-refractivity contribution is -0.142. The molecular formula is C18H26N2O4. The number of anilines is 1. The van der Waals surface area contributed by atoms with Crippen LogP contribution in [0.25, 0.3) is 0 Å². The van der Waals surface area contributed by atoms with E-state index in [2.05, 4.69) is 22.3 Å². The van der Waals surface area contributed by atoms with Gasteiger partial charge in [-0.2, -0.15) is 0 Å². The van der Waals surface area contributed by atoms with Crippen molar-refractivity contribution in [2.45, 2.75) is 26.2 Å². The topological polar surface area (TPSA) is 76.7 Å². The number of hydrogen-bond donors (Lipinski definition) is 2. The lowest BCUT2D eigenvalue weighted by atomic mass is 9.84. The van der Waals surface area contributed by atoms with E-state index < -0.39 is 5.97 Å². The Morgan fingerprint density at radius 2 is 2.08 bits per heavy atom. The zero-order valence-corrected chi connectivity index (χ0v) is 14.3. The van der Waals surface area contributed by atoms with E-state index in [1.165, 1.54) is 7.11 Å². The van der Waals surface area contributed by atoms with E-state index >= 15 is 0 Å². The molecule has 1 aliphatic rings. The predicted octanol–water partition coefficient (Wildman–Crippen LogP) is 2.20. The lowest BCUT2D eigenvalue weighted by Crippen LogP contribution is -2.32. The first-order valence-electron chi connectivity index (χ1n) is 8.38. The van der Waals surface area contributed by atoms with Crippen LogP contribution in [0, 0.1) is 11.8 Å². The number of ether oxygens (including phenoxy) is 2. The lowest BCUT2D eigenvalue weighted by Gasteiger charge is -2.27. The highest BCUT2D eigenvalue weighted by molar-refractivity contribution is 5.91. The molecule has 2 rings (SSSR count). The molecule has 0 spiro atoms. The molecule has 132 valence electrons. The Balaban J connectivity index is 1.83. The molecule has 0 radical (unpaired) electrons. The number of carbonyl (C=O) groups is 2. The van der Waals surface area contributed by atoms with Crippen molar-refractivity contribution >= 4 is 17.6 Å². The molecule has 0 bridgehead atoms. The van der Waals surface area contributed by atoms with Crippen LogP contribution < -0.4 is 15.4 Å². The van der Waals surface area contributed by atoms with Crippen molar-refractivity contribution in [1.29, 1.82) is 0 Å². The van der Waals surface area contributed by atoms with E-state index in [9.17, 15) is 9.59 Å². The summed E-state index contributed by atoms with van der Waals surface area (Å²) < 4.78 is 9.85. The zero-order chi connectivity index (χ0) is 17.4. The SMILES string of the molecule is COC(=O)COc1cccc(NC(=O)CC(C)C2CCNCC2)c1. The number of benzene rings is 1. The standard InChI is InChI=1S/C18H26N2O4/c1-13(14-6-8-19-9-7-14)10-17(21)20-15-4-3-5-16(11-15)24-12-18(22)23-2/h3-5,11,13-14,19H,6-10,12H2,1-2H3,(H,20,21). The van der Waals surface area contributed by atoms with Crippen molar-refractivity contribution < 1.29 is 19.1 Å². The van der Waals surface area contributed by atoms with Crippen LogP contribution in [-0.2, 0) is 14.3 Å². The third-order valence-electron chi connectivity index (χ3n) is 4.40. The first-order chi connectivity index (χ1) is 11.6. The Hall–Kier alpha value is -2.08. The maximum Gasteiger partial charge on any atom is 0.343 e. The van der Waals surface area contributed by atoms with Crippen molar-refractivity contribution in [2.24, 2.45) is 11.8 Å². The van der Waals surface area contributed by atoms with E-state index in [0.717, 1.165) is 25.9 Å². The summed E-state index contributed by atoms with van der Waals surface area (Å²) in [6.45, 7) is 4.07. The molecule has 1 unspecified atom stereocenters. The Bertz CT molecular complexity index is 556. The van der Waals surface area contributed by atoms with Crippen molar-refractivity contribution in [1.82, 2.24) is 5.32 Å². The minimum atomic E-state index is -0.444. The Morgan fingerprint density at radius 3 is 2.79 bits per heavy atom. The second kappa shape index (κ2) is 9.27. The summed E-state index contributed by atoms with van der Waals surface area (Å²) in [5, 5.41) is 6.25. The summed E-state index contributed by atoms with van der Waals surface area (Å²) in [6, 6.07) is 7.02. The zero-order valence-electron chi connectivity index (χ0n) is 14.3. The van der Waals surface area contributed by atoms with Crippen LogP contribution in [0.15, 0.2) is 24.3 Å². The third-order valence-corrected chi connectivity index (χ3v) is 4.40. The smallest absolute Gasteiger partial charge is 0.343 e. The monoisotopic (exact) mass is 334 g/mol. The average molecular weight is 334 g/mol. The van der Waals surface area contributed by atoms with E-state index in [1.54, 1.807) is 24.3 Å². The predicted molar refractivity (Wildman–Crippen MR) is 92.0 cm³/mol. The summed E-state index contributed by atoms with van der Waals surface area (Å²) in [5.74, 6) is 1.05. The molecule has 0 aromatic heterocycles. The van der Waals surface area contributed by atoms with E-state index in [4.69, 9.17) is 4.74 Å². The molecule has 1 amide bonds. The molecule has 6 nitrogen and oxygen atoms in total. The van der Waals surface area contributed by atoms with Crippen LogP contribution in [0.5, 0.6) is 5.75 Å². The van der Waals surface area contributed by atoms with Gasteiger partial charge < -0.3 is 20.1 Å². The van der Waals surface area contributed by atoms with Gasteiger partial charge in [0.2, 0.25) is 5.91 Å². The highest BCUT2D eigenvalue weighted by Crippen LogP contribution is 2.25. The van der Waals surface area contributed by atoms with E-state index in [1.807, 2.05) is 0 Å². The van der Waals surface area contributed by atoms with Crippen molar-refractivity contribution in [3.05, 3.63) is 24.3 Å². The van der Waals surface area contributed by atoms with Crippen LogP contribution in [0.4, 0.5) is 5.69 Å². The van der Waals surface area contributed by atoms with Gasteiger partial charge in [0, 0.05) is 18.2 Å². The number of hydrogen-bond acceptors (Lipinski definition) is 5. The first kappa shape index (κ1) is 18.3. The fourth-order valence-electron chi connectivity index (χ4n) is 2.95. The van der Waals surface area contributed by atoms with Gasteiger partial charge in [0.15, 0.2) is 6.61 Å². The number of carbonyl (C=O) groups excluding carboxylic acids is 2. The minimum absolute atomic E-state index is 0.00569. The molecule has 1 fully saturated rings. The molecule has 1 atom stereocenters. The fourth-order valence-corrected chi connectivity index (χ4v) is 2.95. The van der Waals surface area contributed by atoms with E-state index in [-0.39, 0.29) is 12.5 Å². The minimum Gasteiger partial charge on any atom is -0.482 e. The molecule has 1 aromatic carbocycles. The van der Waals surface area contributed by atoms with Gasteiger partial charge in [-0.05, 0) is 49.9 Å². The number of rotatable bonds is 7.